The molecular weight excluding hydrogens is 280 g/mol. The molecule has 2 rings (SSSR count). The van der Waals surface area contributed by atoms with Crippen LogP contribution in [-0.4, -0.2) is 33.6 Å². The molecule has 0 bridgehead atoms. The van der Waals surface area contributed by atoms with Crippen LogP contribution in [0.25, 0.3) is 0 Å². The number of carbonyl (C=O) groups is 1. The Morgan fingerprint density at radius 2 is 1.95 bits per heavy atom. The van der Waals surface area contributed by atoms with E-state index in [1.54, 1.807) is 19.1 Å². The van der Waals surface area contributed by atoms with Crippen LogP contribution in [-0.2, 0) is 19.6 Å². The summed E-state index contributed by atoms with van der Waals surface area (Å²) in [6.07, 6.45) is 2.05. The molecule has 1 aliphatic carbocycles. The van der Waals surface area contributed by atoms with Crippen LogP contribution in [0.15, 0.2) is 29.2 Å². The molecule has 1 saturated carbocycles. The van der Waals surface area contributed by atoms with Crippen LogP contribution >= 0.6 is 0 Å². The zero-order chi connectivity index (χ0) is 14.8. The van der Waals surface area contributed by atoms with Crippen molar-refractivity contribution < 1.29 is 17.9 Å². The Morgan fingerprint density at radius 3 is 2.40 bits per heavy atom. The summed E-state index contributed by atoms with van der Waals surface area (Å²) in [6.45, 7) is 2.29. The number of carbonyl (C=O) groups excluding carboxylic acids is 1. The highest BCUT2D eigenvalue weighted by Gasteiger charge is 2.31. The van der Waals surface area contributed by atoms with Crippen LogP contribution in [0, 0.1) is 0 Å². The Kier molecular flexibility index (Phi) is 4.29. The molecule has 1 fully saturated rings. The lowest BCUT2D eigenvalue weighted by molar-refractivity contribution is -0.141. The van der Waals surface area contributed by atoms with Crippen molar-refractivity contribution in [3.8, 4) is 0 Å². The molecule has 0 aliphatic heterocycles. The molecule has 1 aliphatic rings. The van der Waals surface area contributed by atoms with Gasteiger partial charge in [0.05, 0.1) is 11.5 Å². The van der Waals surface area contributed by atoms with Crippen LogP contribution in [0.1, 0.15) is 19.8 Å². The minimum atomic E-state index is -3.69. The van der Waals surface area contributed by atoms with Crippen molar-refractivity contribution in [3.63, 3.8) is 0 Å². The lowest BCUT2D eigenvalue weighted by Crippen LogP contribution is -2.33. The fraction of sp³-hybridized carbons (Fsp3) is 0.462. The van der Waals surface area contributed by atoms with Crippen LogP contribution in [0.4, 0.5) is 5.69 Å². The minimum absolute atomic E-state index is 0.0631. The molecule has 20 heavy (non-hydrogen) atoms. The molecule has 110 valence electrons. The fourth-order valence-electron chi connectivity index (χ4n) is 1.99. The second kappa shape index (κ2) is 5.80. The maximum atomic E-state index is 11.6. The molecule has 7 heteroatoms. The van der Waals surface area contributed by atoms with Gasteiger partial charge < -0.3 is 9.64 Å². The number of sulfonamides is 1. The van der Waals surface area contributed by atoms with E-state index in [-0.39, 0.29) is 17.4 Å². The molecule has 6 nitrogen and oxygen atoms in total. The van der Waals surface area contributed by atoms with E-state index in [0.29, 0.717) is 12.6 Å². The van der Waals surface area contributed by atoms with Crippen molar-refractivity contribution in [1.82, 2.24) is 0 Å². The van der Waals surface area contributed by atoms with Gasteiger partial charge in [0.2, 0.25) is 10.0 Å². The number of benzene rings is 1. The van der Waals surface area contributed by atoms with E-state index in [0.717, 1.165) is 18.5 Å². The maximum Gasteiger partial charge on any atom is 0.325 e. The Balaban J connectivity index is 2.15. The van der Waals surface area contributed by atoms with Crippen molar-refractivity contribution in [1.29, 1.82) is 0 Å². The van der Waals surface area contributed by atoms with Gasteiger partial charge in [0, 0.05) is 11.7 Å². The zero-order valence-electron chi connectivity index (χ0n) is 11.3. The number of rotatable bonds is 6. The third-order valence-corrected chi connectivity index (χ3v) is 4.02. The highest BCUT2D eigenvalue weighted by molar-refractivity contribution is 7.89. The van der Waals surface area contributed by atoms with Crippen LogP contribution in [0.2, 0.25) is 0 Å². The van der Waals surface area contributed by atoms with Gasteiger partial charge in [0.1, 0.15) is 6.54 Å². The van der Waals surface area contributed by atoms with Crippen LogP contribution < -0.4 is 10.0 Å². The highest BCUT2D eigenvalue weighted by Crippen LogP contribution is 2.31. The number of hydrogen-bond acceptors (Lipinski definition) is 5. The summed E-state index contributed by atoms with van der Waals surface area (Å²) in [6, 6.07) is 6.55. The van der Waals surface area contributed by atoms with Gasteiger partial charge in [0.25, 0.3) is 0 Å². The van der Waals surface area contributed by atoms with E-state index in [9.17, 15) is 13.2 Å². The monoisotopic (exact) mass is 298 g/mol. The van der Waals surface area contributed by atoms with E-state index in [4.69, 9.17) is 9.88 Å². The zero-order valence-corrected chi connectivity index (χ0v) is 12.1. The molecule has 1 aromatic rings. The van der Waals surface area contributed by atoms with Crippen LogP contribution in [0.3, 0.4) is 0 Å². The summed E-state index contributed by atoms with van der Waals surface area (Å²) in [5.41, 5.74) is 0.799. The van der Waals surface area contributed by atoms with Crippen molar-refractivity contribution in [2.24, 2.45) is 5.14 Å². The minimum Gasteiger partial charge on any atom is -0.465 e. The SMILES string of the molecule is CCOC(=O)CN(c1ccc(S(N)(=O)=O)cc1)C1CC1. The first-order valence-electron chi connectivity index (χ1n) is 6.47. The first kappa shape index (κ1) is 14.8. The normalized spacial score (nSPS) is 14.9. The summed E-state index contributed by atoms with van der Waals surface area (Å²) in [4.78, 5) is 13.6. The predicted octanol–water partition coefficient (Wildman–Crippen LogP) is 0.866. The smallest absolute Gasteiger partial charge is 0.325 e. The third-order valence-electron chi connectivity index (χ3n) is 3.09. The molecule has 0 aromatic heterocycles. The van der Waals surface area contributed by atoms with Gasteiger partial charge in [0.15, 0.2) is 0 Å². The van der Waals surface area contributed by atoms with Gasteiger partial charge in [-0.25, -0.2) is 13.6 Å². The van der Waals surface area contributed by atoms with E-state index in [2.05, 4.69) is 0 Å². The molecule has 0 radical (unpaired) electrons. The summed E-state index contributed by atoms with van der Waals surface area (Å²) >= 11 is 0. The Hall–Kier alpha value is -1.60. The Bertz CT molecular complexity index is 579. The summed E-state index contributed by atoms with van der Waals surface area (Å²) in [7, 11) is -3.69. The molecule has 0 heterocycles. The average Bonchev–Trinajstić information content (AvgIpc) is 3.20. The standard InChI is InChI=1S/C13H18N2O4S/c1-2-19-13(16)9-15(10-3-4-10)11-5-7-12(8-6-11)20(14,17)18/h5-8,10H,2-4,9H2,1H3,(H2,14,17,18). The number of anilines is 1. The largest absolute Gasteiger partial charge is 0.465 e. The summed E-state index contributed by atoms with van der Waals surface area (Å²) in [5.74, 6) is -0.282. The lowest BCUT2D eigenvalue weighted by atomic mass is 10.2. The number of esters is 1. The maximum absolute atomic E-state index is 11.6. The molecule has 0 saturated heterocycles. The molecule has 2 N–H and O–H groups in total. The second-order valence-electron chi connectivity index (χ2n) is 4.70. The molecule has 0 unspecified atom stereocenters. The highest BCUT2D eigenvalue weighted by atomic mass is 32.2. The van der Waals surface area contributed by atoms with Gasteiger partial charge in [-0.3, -0.25) is 4.79 Å². The molecule has 0 amide bonds. The first-order valence-corrected chi connectivity index (χ1v) is 8.01. The number of primary sulfonamides is 1. The summed E-state index contributed by atoms with van der Waals surface area (Å²) < 4.78 is 27.4. The van der Waals surface area contributed by atoms with Crippen molar-refractivity contribution in [3.05, 3.63) is 24.3 Å². The first-order chi connectivity index (χ1) is 9.41. The lowest BCUT2D eigenvalue weighted by Gasteiger charge is -2.23. The van der Waals surface area contributed by atoms with Gasteiger partial charge in [-0.05, 0) is 44.0 Å². The van der Waals surface area contributed by atoms with Gasteiger partial charge >= 0.3 is 5.97 Å². The van der Waals surface area contributed by atoms with Gasteiger partial charge in [-0.15, -0.1) is 0 Å². The van der Waals surface area contributed by atoms with Crippen molar-refractivity contribution >= 4 is 21.7 Å². The Labute approximate surface area is 118 Å². The molecule has 0 spiro atoms. The molecule has 0 atom stereocenters. The van der Waals surface area contributed by atoms with Crippen molar-refractivity contribution in [2.45, 2.75) is 30.7 Å². The van der Waals surface area contributed by atoms with E-state index in [1.807, 2.05) is 4.90 Å². The third kappa shape index (κ3) is 3.71. The number of nitrogens with zero attached hydrogens (tertiary/aromatic N) is 1. The topological polar surface area (TPSA) is 89.7 Å². The molecular formula is C13H18N2O4S. The number of hydrogen-bond donors (Lipinski definition) is 1. The fourth-order valence-corrected chi connectivity index (χ4v) is 2.51. The van der Waals surface area contributed by atoms with Crippen molar-refractivity contribution in [2.75, 3.05) is 18.1 Å². The second-order valence-corrected chi connectivity index (χ2v) is 6.26. The predicted molar refractivity (Wildman–Crippen MR) is 74.8 cm³/mol. The van der Waals surface area contributed by atoms with Gasteiger partial charge in [-0.2, -0.15) is 0 Å². The van der Waals surface area contributed by atoms with Gasteiger partial charge in [-0.1, -0.05) is 0 Å². The van der Waals surface area contributed by atoms with E-state index in [1.165, 1.54) is 12.1 Å². The average molecular weight is 298 g/mol. The number of nitrogens with two attached hydrogens (primary N) is 1. The summed E-state index contributed by atoms with van der Waals surface area (Å²) in [5, 5.41) is 5.06. The van der Waals surface area contributed by atoms with E-state index < -0.39 is 10.0 Å². The molecule has 1 aromatic carbocycles. The number of ether oxygens (including phenoxy) is 1. The van der Waals surface area contributed by atoms with Crippen LogP contribution in [0.5, 0.6) is 0 Å². The Morgan fingerprint density at radius 1 is 1.35 bits per heavy atom. The quantitative estimate of drug-likeness (QED) is 0.787. The van der Waals surface area contributed by atoms with E-state index >= 15 is 0 Å².